The number of nitrogens with zero attached hydrogens (tertiary/aromatic N) is 4. The number of pyridine rings is 2. The van der Waals surface area contributed by atoms with Crippen LogP contribution < -0.4 is 15.4 Å². The summed E-state index contributed by atoms with van der Waals surface area (Å²) in [6.07, 6.45) is 4.40. The first-order chi connectivity index (χ1) is 18.3. The van der Waals surface area contributed by atoms with E-state index in [1.54, 1.807) is 30.3 Å². The number of aromatic nitrogens is 2. The van der Waals surface area contributed by atoms with Crippen LogP contribution in [0.5, 0.6) is 5.75 Å². The molecule has 3 aliphatic heterocycles. The van der Waals surface area contributed by atoms with Crippen LogP contribution in [0.3, 0.4) is 0 Å². The molecule has 38 heavy (non-hydrogen) atoms. The Morgan fingerprint density at radius 2 is 1.97 bits per heavy atom. The fraction of sp³-hybridized carbons (Fsp3) is 0.429. The second-order valence-electron chi connectivity index (χ2n) is 11.0. The molecule has 2 fully saturated rings. The summed E-state index contributed by atoms with van der Waals surface area (Å²) in [6, 6.07) is 4.65. The maximum Gasteiger partial charge on any atom is 0.272 e. The number of carbonyl (C=O) groups is 2. The molecular formula is C28H28FN5O4. The fourth-order valence-electron chi connectivity index (χ4n) is 6.14. The molecule has 2 amide bonds. The van der Waals surface area contributed by atoms with Gasteiger partial charge in [-0.05, 0) is 48.1 Å². The summed E-state index contributed by atoms with van der Waals surface area (Å²) in [5, 5.41) is 0.808. The second-order valence-corrected chi connectivity index (χ2v) is 11.0. The quantitative estimate of drug-likeness (QED) is 0.549. The number of benzene rings is 1. The molecule has 1 unspecified atom stereocenters. The number of halogens is 1. The Bertz CT molecular complexity index is 1540. The number of ether oxygens (including phenoxy) is 2. The fourth-order valence-corrected chi connectivity index (χ4v) is 6.14. The van der Waals surface area contributed by atoms with Crippen LogP contribution in [-0.2, 0) is 22.7 Å². The van der Waals surface area contributed by atoms with Crippen LogP contribution in [0.25, 0.3) is 10.9 Å². The minimum absolute atomic E-state index is 0.150. The van der Waals surface area contributed by atoms with Crippen LogP contribution in [0, 0.1) is 11.7 Å². The Morgan fingerprint density at radius 1 is 1.18 bits per heavy atom. The molecule has 2 aromatic heterocycles. The number of piperidine rings is 1. The molecule has 1 spiro atoms. The predicted octanol–water partition coefficient (Wildman–Crippen LogP) is 3.88. The highest BCUT2D eigenvalue weighted by Crippen LogP contribution is 2.51. The van der Waals surface area contributed by atoms with Gasteiger partial charge in [-0.25, -0.2) is 14.4 Å². The molecule has 9 nitrogen and oxygen atoms in total. The zero-order valence-electron chi connectivity index (χ0n) is 21.3. The third-order valence-corrected chi connectivity index (χ3v) is 8.39. The van der Waals surface area contributed by atoms with Crippen LogP contribution in [0.15, 0.2) is 24.4 Å². The standard InChI is InChI=1S/C28H28FN5O4/c1-14-3-4-22(15-7-19(29)24-23(8-15)38-28(5-6-28)27(36)33(24)2)34(11-14)26(35)20-9-16-17-12-37-13-18(17)25(30)32-21(16)10-31-20/h7-10,14,22H,3-6,11-13H2,1-2H3,(H2,30,32)/t14-,22?/m0/s1. The second kappa shape index (κ2) is 8.10. The Kier molecular flexibility index (Phi) is 4.98. The first-order valence-electron chi connectivity index (χ1n) is 13.0. The number of nitrogens with two attached hydrogens (primary N) is 1. The number of nitrogen functional groups attached to an aromatic ring is 1. The van der Waals surface area contributed by atoms with E-state index in [1.807, 2.05) is 0 Å². The molecular weight excluding hydrogens is 489 g/mol. The van der Waals surface area contributed by atoms with E-state index in [0.717, 1.165) is 22.9 Å². The largest absolute Gasteiger partial charge is 0.475 e. The highest BCUT2D eigenvalue weighted by molar-refractivity contribution is 6.04. The number of hydrogen-bond donors (Lipinski definition) is 1. The molecule has 3 aromatic rings. The number of rotatable bonds is 2. The summed E-state index contributed by atoms with van der Waals surface area (Å²) in [5.74, 6) is 0.0970. The van der Waals surface area contributed by atoms with Gasteiger partial charge in [0.2, 0.25) is 0 Å². The van der Waals surface area contributed by atoms with Crippen molar-refractivity contribution in [1.82, 2.24) is 14.9 Å². The number of carbonyl (C=O) groups excluding carboxylic acids is 2. The van der Waals surface area contributed by atoms with Crippen molar-refractivity contribution >= 4 is 34.2 Å². The van der Waals surface area contributed by atoms with Crippen molar-refractivity contribution in [2.75, 3.05) is 24.2 Å². The van der Waals surface area contributed by atoms with E-state index in [-0.39, 0.29) is 29.5 Å². The van der Waals surface area contributed by atoms with E-state index >= 15 is 4.39 Å². The zero-order valence-corrected chi connectivity index (χ0v) is 21.3. The van der Waals surface area contributed by atoms with Crippen molar-refractivity contribution in [1.29, 1.82) is 0 Å². The molecule has 1 saturated carbocycles. The van der Waals surface area contributed by atoms with Gasteiger partial charge in [0.05, 0.1) is 31.0 Å². The number of hydrogen-bond acceptors (Lipinski definition) is 7. The molecule has 196 valence electrons. The molecule has 7 rings (SSSR count). The molecule has 1 aliphatic carbocycles. The van der Waals surface area contributed by atoms with E-state index in [4.69, 9.17) is 15.2 Å². The van der Waals surface area contributed by atoms with Crippen molar-refractivity contribution in [3.05, 3.63) is 52.6 Å². The first-order valence-corrected chi connectivity index (χ1v) is 13.0. The summed E-state index contributed by atoms with van der Waals surface area (Å²) in [4.78, 5) is 38.6. The van der Waals surface area contributed by atoms with Gasteiger partial charge in [0.25, 0.3) is 11.8 Å². The number of anilines is 2. The molecule has 1 saturated heterocycles. The van der Waals surface area contributed by atoms with Crippen molar-refractivity contribution in [2.45, 2.75) is 57.5 Å². The lowest BCUT2D eigenvalue weighted by Gasteiger charge is -2.40. The predicted molar refractivity (Wildman–Crippen MR) is 137 cm³/mol. The number of likely N-dealkylation sites (tertiary alicyclic amines) is 1. The van der Waals surface area contributed by atoms with Gasteiger partial charge in [-0.1, -0.05) is 6.92 Å². The Hall–Kier alpha value is -3.79. The highest BCUT2D eigenvalue weighted by atomic mass is 19.1. The Morgan fingerprint density at radius 3 is 2.76 bits per heavy atom. The average molecular weight is 518 g/mol. The van der Waals surface area contributed by atoms with E-state index in [1.165, 1.54) is 11.0 Å². The summed E-state index contributed by atoms with van der Waals surface area (Å²) < 4.78 is 27.1. The zero-order chi connectivity index (χ0) is 26.3. The Labute approximate surface area is 218 Å². The Balaban J connectivity index is 1.27. The number of amides is 2. The van der Waals surface area contributed by atoms with Crippen LogP contribution in [0.1, 0.15) is 65.8 Å². The summed E-state index contributed by atoms with van der Waals surface area (Å²) in [5.41, 5.74) is 8.74. The van der Waals surface area contributed by atoms with Gasteiger partial charge in [-0.15, -0.1) is 0 Å². The first kappa shape index (κ1) is 23.3. The van der Waals surface area contributed by atoms with Crippen LogP contribution in [-0.4, -0.2) is 45.9 Å². The third kappa shape index (κ3) is 3.39. The monoisotopic (exact) mass is 517 g/mol. The van der Waals surface area contributed by atoms with Gasteiger partial charge >= 0.3 is 0 Å². The van der Waals surface area contributed by atoms with E-state index < -0.39 is 11.4 Å². The lowest BCUT2D eigenvalue weighted by atomic mass is 9.89. The highest BCUT2D eigenvalue weighted by Gasteiger charge is 2.57. The lowest BCUT2D eigenvalue weighted by molar-refractivity contribution is -0.127. The average Bonchev–Trinajstić information content (AvgIpc) is 3.48. The SMILES string of the molecule is C[C@H]1CCC(c2cc(F)c3c(c2)OC2(CC2)C(=O)N3C)N(C(=O)c2cc3c4c(c(N)nc3cn2)COC4)C1. The van der Waals surface area contributed by atoms with Gasteiger partial charge in [-0.3, -0.25) is 9.59 Å². The van der Waals surface area contributed by atoms with Gasteiger partial charge in [0.1, 0.15) is 22.9 Å². The van der Waals surface area contributed by atoms with Gasteiger partial charge < -0.3 is 25.0 Å². The van der Waals surface area contributed by atoms with E-state index in [9.17, 15) is 9.59 Å². The third-order valence-electron chi connectivity index (χ3n) is 8.39. The molecule has 0 radical (unpaired) electrons. The minimum atomic E-state index is -0.875. The van der Waals surface area contributed by atoms with Gasteiger partial charge in [-0.2, -0.15) is 0 Å². The summed E-state index contributed by atoms with van der Waals surface area (Å²) in [7, 11) is 1.58. The van der Waals surface area contributed by atoms with Crippen LogP contribution >= 0.6 is 0 Å². The van der Waals surface area contributed by atoms with Crippen LogP contribution in [0.4, 0.5) is 15.9 Å². The van der Waals surface area contributed by atoms with Crippen molar-refractivity contribution < 1.29 is 23.5 Å². The molecule has 4 aliphatic rings. The normalized spacial score (nSPS) is 23.4. The van der Waals surface area contributed by atoms with Crippen molar-refractivity contribution in [3.63, 3.8) is 0 Å². The number of fused-ring (bicyclic) bond motifs is 4. The van der Waals surface area contributed by atoms with Crippen molar-refractivity contribution in [3.8, 4) is 5.75 Å². The van der Waals surface area contributed by atoms with Crippen LogP contribution in [0.2, 0.25) is 0 Å². The van der Waals surface area contributed by atoms with Crippen molar-refractivity contribution in [2.24, 2.45) is 5.92 Å². The van der Waals surface area contributed by atoms with E-state index in [2.05, 4.69) is 16.9 Å². The molecule has 1 aromatic carbocycles. The maximum atomic E-state index is 15.4. The molecule has 2 atom stereocenters. The summed E-state index contributed by atoms with van der Waals surface area (Å²) in [6.45, 7) is 3.43. The van der Waals surface area contributed by atoms with Gasteiger partial charge in [0.15, 0.2) is 11.4 Å². The lowest BCUT2D eigenvalue weighted by Crippen LogP contribution is -2.46. The minimum Gasteiger partial charge on any atom is -0.475 e. The summed E-state index contributed by atoms with van der Waals surface area (Å²) >= 11 is 0. The maximum absolute atomic E-state index is 15.4. The molecule has 10 heteroatoms. The van der Waals surface area contributed by atoms with Gasteiger partial charge in [0, 0.05) is 37.4 Å². The number of likely N-dealkylation sites (N-methyl/N-ethyl adjacent to an activating group) is 1. The smallest absolute Gasteiger partial charge is 0.272 e. The molecule has 5 heterocycles. The molecule has 0 bridgehead atoms. The topological polar surface area (TPSA) is 111 Å². The van der Waals surface area contributed by atoms with E-state index in [0.29, 0.717) is 67.4 Å². The molecule has 2 N–H and O–H groups in total.